The van der Waals surface area contributed by atoms with Crippen LogP contribution in [0.1, 0.15) is 22.5 Å². The molecule has 0 saturated carbocycles. The zero-order valence-corrected chi connectivity index (χ0v) is 16.2. The Kier molecular flexibility index (Phi) is 5.85. The summed E-state index contributed by atoms with van der Waals surface area (Å²) < 4.78 is 25.9. The van der Waals surface area contributed by atoms with E-state index in [-0.39, 0.29) is 12.4 Å². The maximum absolute atomic E-state index is 13.8. The van der Waals surface area contributed by atoms with Crippen molar-refractivity contribution in [2.24, 2.45) is 0 Å². The first-order valence-electron chi connectivity index (χ1n) is 8.32. The highest BCUT2D eigenvalue weighted by Gasteiger charge is 2.12. The first kappa shape index (κ1) is 19.0. The van der Waals surface area contributed by atoms with Crippen LogP contribution in [0, 0.1) is 19.7 Å². The van der Waals surface area contributed by atoms with Crippen molar-refractivity contribution in [3.05, 3.63) is 64.7 Å². The molecule has 0 aliphatic rings. The Morgan fingerprint density at radius 2 is 1.89 bits per heavy atom. The van der Waals surface area contributed by atoms with Crippen LogP contribution in [-0.4, -0.2) is 22.0 Å². The average Bonchev–Trinajstić information content (AvgIpc) is 2.99. The Morgan fingerprint density at radius 1 is 1.11 bits per heavy atom. The van der Waals surface area contributed by atoms with Gasteiger partial charge in [0.1, 0.15) is 12.4 Å². The smallest absolute Gasteiger partial charge is 0.210 e. The molecule has 0 atom stereocenters. The van der Waals surface area contributed by atoms with Crippen molar-refractivity contribution >= 4 is 11.8 Å². The topological polar surface area (TPSA) is 75.2 Å². The van der Waals surface area contributed by atoms with E-state index in [1.54, 1.807) is 12.1 Å². The Hall–Kier alpha value is -2.74. The van der Waals surface area contributed by atoms with Crippen LogP contribution in [0.5, 0.6) is 11.5 Å². The van der Waals surface area contributed by atoms with Crippen LogP contribution < -0.4 is 15.3 Å². The summed E-state index contributed by atoms with van der Waals surface area (Å²) in [6, 6.07) is 10.8. The molecule has 1 aromatic heterocycles. The number of hydrogen-bond donors (Lipinski definition) is 1. The predicted molar refractivity (Wildman–Crippen MR) is 103 cm³/mol. The number of nitrogen functional groups attached to an aromatic ring is 1. The molecular formula is C19H21FN4O2S. The van der Waals surface area contributed by atoms with Gasteiger partial charge >= 0.3 is 0 Å². The second-order valence-corrected chi connectivity index (χ2v) is 7.03. The second kappa shape index (κ2) is 8.30. The fourth-order valence-electron chi connectivity index (χ4n) is 2.56. The van der Waals surface area contributed by atoms with Gasteiger partial charge in [-0.05, 0) is 43.2 Å². The number of rotatable bonds is 7. The van der Waals surface area contributed by atoms with E-state index in [4.69, 9.17) is 15.3 Å². The number of benzene rings is 2. The lowest BCUT2D eigenvalue weighted by Gasteiger charge is -2.09. The minimum Gasteiger partial charge on any atom is -0.494 e. The van der Waals surface area contributed by atoms with E-state index in [1.165, 1.54) is 35.2 Å². The van der Waals surface area contributed by atoms with Crippen LogP contribution in [-0.2, 0) is 12.4 Å². The van der Waals surface area contributed by atoms with Crippen LogP contribution in [0.4, 0.5) is 4.39 Å². The molecule has 6 nitrogen and oxygen atoms in total. The molecule has 0 fully saturated rings. The summed E-state index contributed by atoms with van der Waals surface area (Å²) in [5, 5.41) is 8.70. The van der Waals surface area contributed by atoms with Crippen LogP contribution >= 0.6 is 11.8 Å². The van der Waals surface area contributed by atoms with Gasteiger partial charge in [-0.25, -0.2) is 9.07 Å². The number of halogens is 1. The molecule has 8 heteroatoms. The summed E-state index contributed by atoms with van der Waals surface area (Å²) >= 11 is 1.37. The normalized spacial score (nSPS) is 10.8. The molecule has 0 unspecified atom stereocenters. The average molecular weight is 388 g/mol. The molecule has 0 bridgehead atoms. The van der Waals surface area contributed by atoms with Crippen LogP contribution in [0.2, 0.25) is 0 Å². The van der Waals surface area contributed by atoms with Crippen LogP contribution in [0.15, 0.2) is 41.6 Å². The van der Waals surface area contributed by atoms with E-state index in [1.807, 2.05) is 26.0 Å². The summed E-state index contributed by atoms with van der Waals surface area (Å²) in [4.78, 5) is 0. The third-order valence-corrected chi connectivity index (χ3v) is 5.02. The summed E-state index contributed by atoms with van der Waals surface area (Å²) in [6.45, 7) is 4.24. The molecule has 3 rings (SSSR count). The first-order valence-corrected chi connectivity index (χ1v) is 9.31. The summed E-state index contributed by atoms with van der Waals surface area (Å²) in [6.07, 6.45) is 0. The number of ether oxygens (including phenoxy) is 2. The number of thioether (sulfide) groups is 1. The van der Waals surface area contributed by atoms with Crippen molar-refractivity contribution in [1.82, 2.24) is 14.9 Å². The molecule has 2 aromatic carbocycles. The van der Waals surface area contributed by atoms with Gasteiger partial charge in [-0.15, -0.1) is 10.2 Å². The van der Waals surface area contributed by atoms with Crippen molar-refractivity contribution in [2.75, 3.05) is 13.0 Å². The fourth-order valence-corrected chi connectivity index (χ4v) is 3.37. The third kappa shape index (κ3) is 4.51. The molecule has 0 aliphatic heterocycles. The van der Waals surface area contributed by atoms with E-state index in [2.05, 4.69) is 16.3 Å². The number of aryl methyl sites for hydroxylation is 2. The molecule has 142 valence electrons. The highest BCUT2D eigenvalue weighted by molar-refractivity contribution is 7.98. The van der Waals surface area contributed by atoms with Crippen molar-refractivity contribution < 1.29 is 13.9 Å². The lowest BCUT2D eigenvalue weighted by molar-refractivity contribution is 0.289. The third-order valence-electron chi connectivity index (χ3n) is 4.01. The number of nitrogens with zero attached hydrogens (tertiary/aromatic N) is 3. The molecule has 0 spiro atoms. The fraction of sp³-hybridized carbons (Fsp3) is 0.263. The first-order chi connectivity index (χ1) is 13.0. The predicted octanol–water partition coefficient (Wildman–Crippen LogP) is 3.63. The van der Waals surface area contributed by atoms with Gasteiger partial charge < -0.3 is 15.3 Å². The van der Waals surface area contributed by atoms with Gasteiger partial charge in [-0.1, -0.05) is 35.5 Å². The van der Waals surface area contributed by atoms with Gasteiger partial charge in [0.05, 0.1) is 7.11 Å². The summed E-state index contributed by atoms with van der Waals surface area (Å²) in [5.74, 6) is 7.69. The number of hydrogen-bond acceptors (Lipinski definition) is 6. The highest BCUT2D eigenvalue weighted by Crippen LogP contribution is 2.25. The van der Waals surface area contributed by atoms with E-state index in [0.717, 1.165) is 16.9 Å². The van der Waals surface area contributed by atoms with E-state index in [9.17, 15) is 4.39 Å². The molecular weight excluding hydrogens is 367 g/mol. The van der Waals surface area contributed by atoms with E-state index < -0.39 is 5.82 Å². The van der Waals surface area contributed by atoms with Gasteiger partial charge in [0, 0.05) is 5.75 Å². The number of methoxy groups -OCH3 is 1. The van der Waals surface area contributed by atoms with E-state index in [0.29, 0.717) is 16.7 Å². The zero-order chi connectivity index (χ0) is 19.4. The zero-order valence-electron chi connectivity index (χ0n) is 15.4. The van der Waals surface area contributed by atoms with E-state index >= 15 is 0 Å². The summed E-state index contributed by atoms with van der Waals surface area (Å²) in [7, 11) is 1.44. The molecule has 1 heterocycles. The maximum atomic E-state index is 13.8. The van der Waals surface area contributed by atoms with Gasteiger partial charge in [0.15, 0.2) is 17.4 Å². The Labute approximate surface area is 161 Å². The molecule has 2 N–H and O–H groups in total. The van der Waals surface area contributed by atoms with Gasteiger partial charge in [-0.2, -0.15) is 0 Å². The molecule has 27 heavy (non-hydrogen) atoms. The lowest BCUT2D eigenvalue weighted by atomic mass is 10.1. The van der Waals surface area contributed by atoms with Crippen LogP contribution in [0.3, 0.4) is 0 Å². The Balaban J connectivity index is 1.62. The molecule has 0 aliphatic carbocycles. The standard InChI is InChI=1S/C19H21FN4O2S/c1-12-4-6-16(13(2)8-12)26-10-18-22-23-19(24(18)21)27-11-14-5-7-17(25-3)15(20)9-14/h4-9H,10-11,21H2,1-3H3. The minimum atomic E-state index is -0.396. The maximum Gasteiger partial charge on any atom is 0.210 e. The van der Waals surface area contributed by atoms with Crippen molar-refractivity contribution in [2.45, 2.75) is 31.4 Å². The number of nitrogens with two attached hydrogens (primary N) is 1. The van der Waals surface area contributed by atoms with Crippen molar-refractivity contribution in [3.63, 3.8) is 0 Å². The van der Waals surface area contributed by atoms with Gasteiger partial charge in [-0.3, -0.25) is 0 Å². The second-order valence-electron chi connectivity index (χ2n) is 6.08. The van der Waals surface area contributed by atoms with Gasteiger partial charge in [0.25, 0.3) is 0 Å². The van der Waals surface area contributed by atoms with Gasteiger partial charge in [0.2, 0.25) is 5.16 Å². The highest BCUT2D eigenvalue weighted by atomic mass is 32.2. The molecule has 0 amide bonds. The lowest BCUT2D eigenvalue weighted by Crippen LogP contribution is -2.16. The molecule has 3 aromatic rings. The van der Waals surface area contributed by atoms with Crippen molar-refractivity contribution in [3.8, 4) is 11.5 Å². The number of aromatic nitrogens is 3. The quantitative estimate of drug-likeness (QED) is 0.492. The van der Waals surface area contributed by atoms with Crippen molar-refractivity contribution in [1.29, 1.82) is 0 Å². The molecule has 0 saturated heterocycles. The minimum absolute atomic E-state index is 0.213. The van der Waals surface area contributed by atoms with Crippen LogP contribution in [0.25, 0.3) is 0 Å². The summed E-state index contributed by atoms with van der Waals surface area (Å²) in [5.41, 5.74) is 3.03. The Morgan fingerprint density at radius 3 is 2.59 bits per heavy atom. The SMILES string of the molecule is COc1ccc(CSc2nnc(COc3ccc(C)cc3C)n2N)cc1F. The largest absolute Gasteiger partial charge is 0.494 e. The monoisotopic (exact) mass is 388 g/mol. The Bertz CT molecular complexity index is 945. The molecule has 0 radical (unpaired) electrons.